The summed E-state index contributed by atoms with van der Waals surface area (Å²) in [5, 5.41) is 0. The van der Waals surface area contributed by atoms with Crippen LogP contribution in [0.5, 0.6) is 0 Å². The van der Waals surface area contributed by atoms with Crippen LogP contribution in [-0.2, 0) is 0 Å². The lowest BCUT2D eigenvalue weighted by molar-refractivity contribution is 0.736. The van der Waals surface area contributed by atoms with E-state index in [-0.39, 0.29) is 6.04 Å². The molecule has 1 unspecified atom stereocenters. The summed E-state index contributed by atoms with van der Waals surface area (Å²) in [5.74, 6) is 0.538. The van der Waals surface area contributed by atoms with Gasteiger partial charge in [0.1, 0.15) is 0 Å². The fraction of sp³-hybridized carbons (Fsp3) is 0.538. The first-order chi connectivity index (χ1) is 6.47. The van der Waals surface area contributed by atoms with Crippen molar-refractivity contribution in [3.8, 4) is 0 Å². The third kappa shape index (κ3) is 5.76. The molecule has 0 amide bonds. The molecule has 0 fully saturated rings. The third-order valence-electron chi connectivity index (χ3n) is 1.98. The summed E-state index contributed by atoms with van der Waals surface area (Å²) < 4.78 is 0. The van der Waals surface area contributed by atoms with Crippen molar-refractivity contribution < 1.29 is 0 Å². The number of rotatable bonds is 5. The third-order valence-corrected chi connectivity index (χ3v) is 1.98. The van der Waals surface area contributed by atoms with Gasteiger partial charge in [0.05, 0.1) is 0 Å². The van der Waals surface area contributed by atoms with Crippen molar-refractivity contribution in [3.05, 3.63) is 36.0 Å². The molecular weight excluding hydrogens is 170 g/mol. The smallest absolute Gasteiger partial charge is 0.00506 e. The van der Waals surface area contributed by atoms with Gasteiger partial charge in [-0.15, -0.1) is 0 Å². The molecule has 0 rings (SSSR count). The minimum absolute atomic E-state index is 0.192. The molecule has 0 aliphatic heterocycles. The van der Waals surface area contributed by atoms with Crippen molar-refractivity contribution in [3.63, 3.8) is 0 Å². The van der Waals surface area contributed by atoms with Gasteiger partial charge in [-0.3, -0.25) is 0 Å². The van der Waals surface area contributed by atoms with Crippen molar-refractivity contribution in [2.75, 3.05) is 0 Å². The second kappa shape index (κ2) is 6.61. The maximum Gasteiger partial charge on any atom is 0.00506 e. The Kier molecular flexibility index (Phi) is 6.22. The summed E-state index contributed by atoms with van der Waals surface area (Å²) in [4.78, 5) is 0. The first-order valence-electron chi connectivity index (χ1n) is 5.25. The first-order valence-corrected chi connectivity index (χ1v) is 5.25. The molecular formula is C13H23N. The Morgan fingerprint density at radius 3 is 2.29 bits per heavy atom. The van der Waals surface area contributed by atoms with Crippen molar-refractivity contribution in [1.29, 1.82) is 0 Å². The van der Waals surface area contributed by atoms with Crippen LogP contribution >= 0.6 is 0 Å². The van der Waals surface area contributed by atoms with Gasteiger partial charge in [-0.05, 0) is 31.8 Å². The average molecular weight is 193 g/mol. The molecule has 0 aliphatic rings. The van der Waals surface area contributed by atoms with Gasteiger partial charge in [-0.1, -0.05) is 44.2 Å². The van der Waals surface area contributed by atoms with Crippen LogP contribution in [0.4, 0.5) is 0 Å². The maximum absolute atomic E-state index is 5.71. The minimum atomic E-state index is 0.192. The van der Waals surface area contributed by atoms with Crippen molar-refractivity contribution in [1.82, 2.24) is 0 Å². The Hall–Kier alpha value is -0.820. The number of hydrogen-bond donors (Lipinski definition) is 1. The topological polar surface area (TPSA) is 26.0 Å². The predicted molar refractivity (Wildman–Crippen MR) is 65.1 cm³/mol. The molecule has 1 nitrogen and oxygen atoms in total. The minimum Gasteiger partial charge on any atom is -0.328 e. The molecule has 0 saturated carbocycles. The molecule has 0 aromatic carbocycles. The largest absolute Gasteiger partial charge is 0.328 e. The van der Waals surface area contributed by atoms with Crippen LogP contribution < -0.4 is 5.73 Å². The second-order valence-corrected chi connectivity index (χ2v) is 4.14. The Bertz CT molecular complexity index is 232. The van der Waals surface area contributed by atoms with Gasteiger partial charge in [-0.2, -0.15) is 0 Å². The lowest BCUT2D eigenvalue weighted by atomic mass is 9.98. The van der Waals surface area contributed by atoms with Crippen LogP contribution in [-0.4, -0.2) is 6.04 Å². The summed E-state index contributed by atoms with van der Waals surface area (Å²) in [6.07, 6.45) is 7.21. The summed E-state index contributed by atoms with van der Waals surface area (Å²) in [7, 11) is 0. The summed E-state index contributed by atoms with van der Waals surface area (Å²) in [6, 6.07) is 0.192. The summed E-state index contributed by atoms with van der Waals surface area (Å²) in [6.45, 7) is 12.4. The molecule has 14 heavy (non-hydrogen) atoms. The quantitative estimate of drug-likeness (QED) is 0.665. The van der Waals surface area contributed by atoms with Crippen LogP contribution in [0.1, 0.15) is 34.1 Å². The molecule has 1 atom stereocenters. The Morgan fingerprint density at radius 2 is 1.93 bits per heavy atom. The summed E-state index contributed by atoms with van der Waals surface area (Å²) in [5.41, 5.74) is 8.14. The monoisotopic (exact) mass is 193 g/mol. The molecule has 1 heteroatoms. The zero-order chi connectivity index (χ0) is 11.1. The Balaban J connectivity index is 4.49. The van der Waals surface area contributed by atoms with E-state index in [1.165, 1.54) is 5.57 Å². The molecule has 0 aliphatic carbocycles. The average Bonchev–Trinajstić information content (AvgIpc) is 2.01. The first kappa shape index (κ1) is 13.2. The van der Waals surface area contributed by atoms with Gasteiger partial charge in [-0.25, -0.2) is 0 Å². The molecule has 0 bridgehead atoms. The van der Waals surface area contributed by atoms with E-state index in [2.05, 4.69) is 38.7 Å². The zero-order valence-corrected chi connectivity index (χ0v) is 9.88. The van der Waals surface area contributed by atoms with Crippen LogP contribution in [0, 0.1) is 5.92 Å². The van der Waals surface area contributed by atoms with Gasteiger partial charge in [0.25, 0.3) is 0 Å². The Labute approximate surface area is 88.4 Å². The van der Waals surface area contributed by atoms with E-state index in [1.807, 2.05) is 13.8 Å². The van der Waals surface area contributed by atoms with Gasteiger partial charge in [0.15, 0.2) is 0 Å². The van der Waals surface area contributed by atoms with Gasteiger partial charge in [0.2, 0.25) is 0 Å². The fourth-order valence-electron chi connectivity index (χ4n) is 1.31. The van der Waals surface area contributed by atoms with E-state index < -0.39 is 0 Å². The molecule has 0 radical (unpaired) electrons. The molecule has 0 aromatic rings. The highest BCUT2D eigenvalue weighted by Crippen LogP contribution is 2.15. The van der Waals surface area contributed by atoms with E-state index in [4.69, 9.17) is 5.73 Å². The Morgan fingerprint density at radius 1 is 1.36 bits per heavy atom. The van der Waals surface area contributed by atoms with E-state index in [0.717, 1.165) is 12.0 Å². The highest BCUT2D eigenvalue weighted by Gasteiger charge is 2.01. The SMILES string of the molecule is C=C(/C=C(\C=C/C)C(C)C)CC(C)N. The number of nitrogens with two attached hydrogens (primary N) is 1. The maximum atomic E-state index is 5.71. The molecule has 80 valence electrons. The standard InChI is InChI=1S/C13H23N/c1-6-7-13(10(2)3)9-11(4)8-12(5)14/h6-7,9-10,12H,4,8,14H2,1-3,5H3/b7-6-,13-9+. The molecule has 0 heterocycles. The molecule has 0 saturated heterocycles. The van der Waals surface area contributed by atoms with E-state index in [0.29, 0.717) is 5.92 Å². The molecule has 2 N–H and O–H groups in total. The van der Waals surface area contributed by atoms with Crippen molar-refractivity contribution in [2.24, 2.45) is 11.7 Å². The van der Waals surface area contributed by atoms with Crippen LogP contribution in [0.3, 0.4) is 0 Å². The number of allylic oxidation sites excluding steroid dienone is 4. The van der Waals surface area contributed by atoms with Crippen LogP contribution in [0.25, 0.3) is 0 Å². The number of hydrogen-bond acceptors (Lipinski definition) is 1. The second-order valence-electron chi connectivity index (χ2n) is 4.14. The van der Waals surface area contributed by atoms with E-state index >= 15 is 0 Å². The lowest BCUT2D eigenvalue weighted by Gasteiger charge is -2.09. The summed E-state index contributed by atoms with van der Waals surface area (Å²) >= 11 is 0. The van der Waals surface area contributed by atoms with Crippen LogP contribution in [0.2, 0.25) is 0 Å². The fourth-order valence-corrected chi connectivity index (χ4v) is 1.31. The van der Waals surface area contributed by atoms with Gasteiger partial charge < -0.3 is 5.73 Å². The van der Waals surface area contributed by atoms with Gasteiger partial charge >= 0.3 is 0 Å². The van der Waals surface area contributed by atoms with Crippen molar-refractivity contribution in [2.45, 2.75) is 40.2 Å². The highest BCUT2D eigenvalue weighted by molar-refractivity contribution is 5.30. The van der Waals surface area contributed by atoms with Crippen molar-refractivity contribution >= 4 is 0 Å². The molecule has 0 spiro atoms. The van der Waals surface area contributed by atoms with E-state index in [9.17, 15) is 0 Å². The highest BCUT2D eigenvalue weighted by atomic mass is 14.6. The normalized spacial score (nSPS) is 15.1. The van der Waals surface area contributed by atoms with E-state index in [1.54, 1.807) is 0 Å². The zero-order valence-electron chi connectivity index (χ0n) is 9.88. The van der Waals surface area contributed by atoms with Gasteiger partial charge in [0, 0.05) is 6.04 Å². The lowest BCUT2D eigenvalue weighted by Crippen LogP contribution is -2.14. The molecule has 0 aromatic heterocycles. The van der Waals surface area contributed by atoms with Crippen LogP contribution in [0.15, 0.2) is 36.0 Å². The predicted octanol–water partition coefficient (Wildman–Crippen LogP) is 3.44.